The van der Waals surface area contributed by atoms with E-state index < -0.39 is 5.60 Å². The van der Waals surface area contributed by atoms with E-state index in [0.717, 1.165) is 39.3 Å². The Kier molecular flexibility index (Phi) is 4.45. The number of aromatic amines is 1. The van der Waals surface area contributed by atoms with Crippen molar-refractivity contribution in [3.63, 3.8) is 0 Å². The van der Waals surface area contributed by atoms with Crippen LogP contribution in [0, 0.1) is 0 Å². The van der Waals surface area contributed by atoms with Crippen LogP contribution < -0.4 is 4.90 Å². The highest BCUT2D eigenvalue weighted by molar-refractivity contribution is 9.10. The molecule has 1 fully saturated rings. The lowest BCUT2D eigenvalue weighted by Crippen LogP contribution is -2.47. The molecule has 1 aliphatic rings. The summed E-state index contributed by atoms with van der Waals surface area (Å²) in [7, 11) is 0. The first-order chi connectivity index (χ1) is 12.5. The quantitative estimate of drug-likeness (QED) is 0.595. The summed E-state index contributed by atoms with van der Waals surface area (Å²) in [5, 5.41) is 36.6. The Hall–Kier alpha value is -1.97. The van der Waals surface area contributed by atoms with Crippen molar-refractivity contribution in [2.24, 2.45) is 0 Å². The Morgan fingerprint density at radius 1 is 1.27 bits per heavy atom. The van der Waals surface area contributed by atoms with Crippen molar-refractivity contribution in [1.29, 1.82) is 0 Å². The number of fused-ring (bicyclic) bond motifs is 1. The summed E-state index contributed by atoms with van der Waals surface area (Å²) in [6.45, 7) is 3.85. The molecule has 138 valence electrons. The number of rotatable bonds is 4. The molecule has 26 heavy (non-hydrogen) atoms. The molecule has 0 spiro atoms. The third-order valence-electron chi connectivity index (χ3n) is 5.08. The minimum Gasteiger partial charge on any atom is -0.393 e. The van der Waals surface area contributed by atoms with Gasteiger partial charge in [-0.25, -0.2) is 0 Å². The molecule has 3 N–H and O–H groups in total. The topological polar surface area (TPSA) is 103 Å². The number of anilines is 1. The number of aliphatic hydroxyl groups excluding tert-OH is 1. The lowest BCUT2D eigenvalue weighted by atomic mass is 9.93. The first-order valence-electron chi connectivity index (χ1n) is 8.69. The van der Waals surface area contributed by atoms with Crippen molar-refractivity contribution in [3.05, 3.63) is 22.8 Å². The van der Waals surface area contributed by atoms with Crippen molar-refractivity contribution in [1.82, 2.24) is 25.0 Å². The van der Waals surface area contributed by atoms with Gasteiger partial charge in [-0.2, -0.15) is 5.10 Å². The molecule has 1 saturated heterocycles. The number of halogens is 1. The van der Waals surface area contributed by atoms with Gasteiger partial charge in [0, 0.05) is 35.1 Å². The van der Waals surface area contributed by atoms with E-state index in [1.165, 1.54) is 0 Å². The molecular weight excluding hydrogens is 400 g/mol. The molecule has 2 aromatic heterocycles. The van der Waals surface area contributed by atoms with Gasteiger partial charge in [-0.3, -0.25) is 9.67 Å². The highest BCUT2D eigenvalue weighted by Crippen LogP contribution is 2.33. The van der Waals surface area contributed by atoms with Crippen LogP contribution in [0.5, 0.6) is 0 Å². The van der Waals surface area contributed by atoms with Gasteiger partial charge >= 0.3 is 0 Å². The molecule has 0 amide bonds. The average Bonchev–Trinajstić information content (AvgIpc) is 3.28. The molecule has 8 nitrogen and oxygen atoms in total. The summed E-state index contributed by atoms with van der Waals surface area (Å²) in [6, 6.07) is 4.01. The first kappa shape index (κ1) is 17.4. The van der Waals surface area contributed by atoms with Crippen molar-refractivity contribution in [3.8, 4) is 11.4 Å². The number of hydrogen-bond acceptors (Lipinski definition) is 6. The second-order valence-corrected chi connectivity index (χ2v) is 7.64. The molecule has 3 heterocycles. The molecule has 0 unspecified atom stereocenters. The number of aliphatic hydroxyl groups is 2. The zero-order valence-electron chi connectivity index (χ0n) is 14.5. The predicted molar refractivity (Wildman–Crippen MR) is 102 cm³/mol. The number of nitrogens with zero attached hydrogens (tertiary/aromatic N) is 5. The molecule has 3 aromatic rings. The van der Waals surface area contributed by atoms with Gasteiger partial charge in [-0.1, -0.05) is 15.9 Å². The zero-order chi connectivity index (χ0) is 18.3. The van der Waals surface area contributed by atoms with Crippen molar-refractivity contribution in [2.45, 2.75) is 31.9 Å². The Bertz CT molecular complexity index is 929. The van der Waals surface area contributed by atoms with Crippen LogP contribution in [0.4, 0.5) is 5.95 Å². The van der Waals surface area contributed by atoms with Crippen LogP contribution in [0.1, 0.15) is 19.8 Å². The smallest absolute Gasteiger partial charge is 0.227 e. The van der Waals surface area contributed by atoms with Gasteiger partial charge in [0.2, 0.25) is 5.95 Å². The van der Waals surface area contributed by atoms with E-state index in [-0.39, 0.29) is 6.61 Å². The molecule has 0 saturated carbocycles. The monoisotopic (exact) mass is 420 g/mol. The van der Waals surface area contributed by atoms with E-state index >= 15 is 0 Å². The maximum atomic E-state index is 10.2. The van der Waals surface area contributed by atoms with E-state index in [9.17, 15) is 10.2 Å². The van der Waals surface area contributed by atoms with Crippen LogP contribution >= 0.6 is 15.9 Å². The normalized spacial score (nSPS) is 17.2. The van der Waals surface area contributed by atoms with Gasteiger partial charge in [0.25, 0.3) is 0 Å². The summed E-state index contributed by atoms with van der Waals surface area (Å²) in [6.07, 6.45) is 2.82. The third-order valence-corrected chi connectivity index (χ3v) is 5.54. The Labute approximate surface area is 159 Å². The number of aromatic nitrogens is 5. The fourth-order valence-electron chi connectivity index (χ4n) is 3.50. The van der Waals surface area contributed by atoms with E-state index in [1.807, 2.05) is 12.1 Å². The molecule has 1 aromatic carbocycles. The highest BCUT2D eigenvalue weighted by atomic mass is 79.9. The predicted octanol–water partition coefficient (Wildman–Crippen LogP) is 1.93. The van der Waals surface area contributed by atoms with E-state index in [0.29, 0.717) is 25.9 Å². The highest BCUT2D eigenvalue weighted by Gasteiger charge is 2.33. The lowest BCUT2D eigenvalue weighted by molar-refractivity contribution is -0.0328. The van der Waals surface area contributed by atoms with Gasteiger partial charge in [-0.05, 0) is 31.9 Å². The standard InChI is InChI=1S/C17H21BrN6O2/c1-2-24-15(12-7-11(18)8-14-13(12)9-19-20-14)21-22-16(24)23-5-3-17(26,10-25)4-6-23/h7-9,25-26H,2-6,10H2,1H3,(H,19,20). The lowest BCUT2D eigenvalue weighted by Gasteiger charge is -2.37. The van der Waals surface area contributed by atoms with Gasteiger partial charge in [0.1, 0.15) is 0 Å². The molecule has 1 aliphatic heterocycles. The Balaban J connectivity index is 1.73. The van der Waals surface area contributed by atoms with Crippen LogP contribution in [0.2, 0.25) is 0 Å². The van der Waals surface area contributed by atoms with E-state index in [2.05, 4.69) is 52.7 Å². The van der Waals surface area contributed by atoms with Crippen LogP contribution in [0.15, 0.2) is 22.8 Å². The van der Waals surface area contributed by atoms with Crippen LogP contribution in [0.25, 0.3) is 22.3 Å². The summed E-state index contributed by atoms with van der Waals surface area (Å²) in [4.78, 5) is 2.12. The zero-order valence-corrected chi connectivity index (χ0v) is 16.1. The van der Waals surface area contributed by atoms with Gasteiger partial charge < -0.3 is 15.1 Å². The van der Waals surface area contributed by atoms with Crippen LogP contribution in [-0.2, 0) is 6.54 Å². The second kappa shape index (κ2) is 6.64. The van der Waals surface area contributed by atoms with Gasteiger partial charge in [0.05, 0.1) is 23.9 Å². The maximum absolute atomic E-state index is 10.2. The minimum absolute atomic E-state index is 0.205. The average molecular weight is 421 g/mol. The van der Waals surface area contributed by atoms with E-state index in [1.54, 1.807) is 6.20 Å². The van der Waals surface area contributed by atoms with Gasteiger partial charge in [0.15, 0.2) is 5.82 Å². The SMILES string of the molecule is CCn1c(-c2cc(Br)cc3[nH]ncc23)nnc1N1CCC(O)(CO)CC1. The van der Waals surface area contributed by atoms with E-state index in [4.69, 9.17) is 0 Å². The van der Waals surface area contributed by atoms with Crippen molar-refractivity contribution in [2.75, 3.05) is 24.6 Å². The molecular formula is C17H21BrN6O2. The van der Waals surface area contributed by atoms with Crippen molar-refractivity contribution >= 4 is 32.8 Å². The van der Waals surface area contributed by atoms with Gasteiger partial charge in [-0.15, -0.1) is 10.2 Å². The first-order valence-corrected chi connectivity index (χ1v) is 9.48. The maximum Gasteiger partial charge on any atom is 0.227 e. The molecule has 0 aliphatic carbocycles. The van der Waals surface area contributed by atoms with Crippen molar-refractivity contribution < 1.29 is 10.2 Å². The van der Waals surface area contributed by atoms with Crippen LogP contribution in [-0.4, -0.2) is 60.5 Å². The Morgan fingerprint density at radius 2 is 2.04 bits per heavy atom. The number of nitrogens with one attached hydrogen (secondary N) is 1. The summed E-state index contributed by atoms with van der Waals surface area (Å²) < 4.78 is 3.03. The fourth-order valence-corrected chi connectivity index (χ4v) is 3.96. The minimum atomic E-state index is -0.982. The largest absolute Gasteiger partial charge is 0.393 e. The molecule has 4 rings (SSSR count). The Morgan fingerprint density at radius 3 is 2.73 bits per heavy atom. The second-order valence-electron chi connectivity index (χ2n) is 6.72. The third kappa shape index (κ3) is 2.89. The molecule has 0 bridgehead atoms. The summed E-state index contributed by atoms with van der Waals surface area (Å²) in [5.74, 6) is 1.58. The molecule has 0 radical (unpaired) electrons. The number of hydrogen-bond donors (Lipinski definition) is 3. The molecule has 0 atom stereocenters. The summed E-state index contributed by atoms with van der Waals surface area (Å²) >= 11 is 3.55. The summed E-state index contributed by atoms with van der Waals surface area (Å²) in [5.41, 5.74) is 0.920. The number of H-pyrrole nitrogens is 1. The molecule has 9 heteroatoms. The fraction of sp³-hybridized carbons (Fsp3) is 0.471. The van der Waals surface area contributed by atoms with Crippen LogP contribution in [0.3, 0.4) is 0 Å². The number of piperidine rings is 1. The number of benzene rings is 1.